The van der Waals surface area contributed by atoms with Crippen molar-refractivity contribution in [3.05, 3.63) is 29.8 Å². The monoisotopic (exact) mass is 171 g/mol. The highest BCUT2D eigenvalue weighted by molar-refractivity contribution is 5.90. The van der Waals surface area contributed by atoms with E-state index in [1.165, 1.54) is 16.8 Å². The van der Waals surface area contributed by atoms with Crippen LogP contribution in [0.4, 0.5) is 5.82 Å². The molecule has 64 valence electrons. The number of rotatable bonds is 1. The molecule has 2 heterocycles. The summed E-state index contributed by atoms with van der Waals surface area (Å²) >= 11 is 0. The Hall–Kier alpha value is -1.77. The second-order valence-electron chi connectivity index (χ2n) is 3.31. The standard InChI is InChI=1S/C10H9N3/c1-6-4-2-3-5-7(6)8-9-10(11)12-13(8)9/h2-5H,1H3,(H2,11,12). The summed E-state index contributed by atoms with van der Waals surface area (Å²) in [5.74, 6) is 0.665. The average Bonchev–Trinajstić information content (AvgIpc) is 2.72. The van der Waals surface area contributed by atoms with E-state index in [4.69, 9.17) is 5.73 Å². The number of nitrogen functional groups attached to an aromatic ring is 1. The molecule has 3 nitrogen and oxygen atoms in total. The van der Waals surface area contributed by atoms with Gasteiger partial charge in [-0.05, 0) is 12.5 Å². The van der Waals surface area contributed by atoms with E-state index in [1.54, 1.807) is 0 Å². The number of anilines is 1. The Labute approximate surface area is 75.8 Å². The molecule has 2 N–H and O–H groups in total. The van der Waals surface area contributed by atoms with Crippen LogP contribution in [0, 0.1) is 6.92 Å². The second-order valence-corrected chi connectivity index (χ2v) is 3.31. The third-order valence-electron chi connectivity index (χ3n) is 2.45. The molecule has 0 fully saturated rings. The van der Waals surface area contributed by atoms with E-state index < -0.39 is 0 Å². The molecule has 1 aromatic rings. The molecule has 0 saturated heterocycles. The molecule has 0 bridgehead atoms. The molecule has 13 heavy (non-hydrogen) atoms. The molecule has 0 atom stereocenters. The first kappa shape index (κ1) is 6.71. The molecule has 1 aromatic carbocycles. The minimum atomic E-state index is 0.665. The largest absolute Gasteiger partial charge is 0.380 e. The van der Waals surface area contributed by atoms with Gasteiger partial charge in [0.05, 0.1) is 0 Å². The molecule has 0 aromatic heterocycles. The Bertz CT molecular complexity index is 497. The van der Waals surface area contributed by atoms with Crippen LogP contribution in [0.25, 0.3) is 16.9 Å². The smallest absolute Gasteiger partial charge is 0.172 e. The van der Waals surface area contributed by atoms with Gasteiger partial charge >= 0.3 is 0 Å². The molecular weight excluding hydrogens is 162 g/mol. The molecular formula is C10H9N3. The van der Waals surface area contributed by atoms with Crippen molar-refractivity contribution in [1.82, 2.24) is 9.78 Å². The van der Waals surface area contributed by atoms with E-state index in [9.17, 15) is 0 Å². The Morgan fingerprint density at radius 1 is 1.31 bits per heavy atom. The maximum Gasteiger partial charge on any atom is 0.172 e. The van der Waals surface area contributed by atoms with E-state index in [1.807, 2.05) is 16.8 Å². The molecule has 3 rings (SSSR count). The number of aryl methyl sites for hydroxylation is 1. The van der Waals surface area contributed by atoms with Crippen LogP contribution in [0.2, 0.25) is 0 Å². The molecule has 0 unspecified atom stereocenters. The van der Waals surface area contributed by atoms with Crippen LogP contribution in [-0.4, -0.2) is 9.78 Å². The number of hydrogen-bond donors (Lipinski definition) is 1. The first-order chi connectivity index (χ1) is 6.29. The van der Waals surface area contributed by atoms with Crippen molar-refractivity contribution in [1.29, 1.82) is 0 Å². The molecule has 0 aliphatic carbocycles. The summed E-state index contributed by atoms with van der Waals surface area (Å²) in [5, 5.41) is 4.05. The fraction of sp³-hybridized carbons (Fsp3) is 0.100. The van der Waals surface area contributed by atoms with Crippen molar-refractivity contribution in [3.63, 3.8) is 0 Å². The normalized spacial score (nSPS) is 11.8. The van der Waals surface area contributed by atoms with Crippen LogP contribution in [0.1, 0.15) is 5.56 Å². The van der Waals surface area contributed by atoms with Crippen LogP contribution in [-0.2, 0) is 0 Å². The Morgan fingerprint density at radius 3 is 2.62 bits per heavy atom. The summed E-state index contributed by atoms with van der Waals surface area (Å²) in [6, 6.07) is 8.26. The minimum Gasteiger partial charge on any atom is -0.380 e. The zero-order valence-corrected chi connectivity index (χ0v) is 7.28. The summed E-state index contributed by atoms with van der Waals surface area (Å²) in [6.45, 7) is 2.10. The number of aromatic nitrogens is 2. The molecule has 0 radical (unpaired) electrons. The lowest BCUT2D eigenvalue weighted by molar-refractivity contribution is 0.923. The number of fused-ring (bicyclic) bond motifs is 1. The van der Waals surface area contributed by atoms with E-state index in [2.05, 4.69) is 24.2 Å². The van der Waals surface area contributed by atoms with Crippen molar-refractivity contribution in [2.45, 2.75) is 6.92 Å². The van der Waals surface area contributed by atoms with Gasteiger partial charge in [0.25, 0.3) is 0 Å². The summed E-state index contributed by atoms with van der Waals surface area (Å²) < 4.78 is 1.89. The number of hydrogen-bond acceptors (Lipinski definition) is 2. The van der Waals surface area contributed by atoms with Gasteiger partial charge in [-0.2, -0.15) is 0 Å². The van der Waals surface area contributed by atoms with Crippen LogP contribution in [0.5, 0.6) is 0 Å². The molecule has 2 aliphatic heterocycles. The summed E-state index contributed by atoms with van der Waals surface area (Å²) in [4.78, 5) is 0. The van der Waals surface area contributed by atoms with Gasteiger partial charge in [-0.1, -0.05) is 24.3 Å². The zero-order valence-electron chi connectivity index (χ0n) is 7.28. The quantitative estimate of drug-likeness (QED) is 0.606. The highest BCUT2D eigenvalue weighted by atomic mass is 15.4. The van der Waals surface area contributed by atoms with Gasteiger partial charge in [-0.3, -0.25) is 0 Å². The van der Waals surface area contributed by atoms with Gasteiger partial charge in [0.15, 0.2) is 5.82 Å². The number of benzene rings is 1. The summed E-state index contributed by atoms with van der Waals surface area (Å²) in [7, 11) is 0. The predicted octanol–water partition coefficient (Wildman–Crippen LogP) is 1.74. The van der Waals surface area contributed by atoms with Crippen molar-refractivity contribution in [2.75, 3.05) is 5.73 Å². The topological polar surface area (TPSA) is 43.8 Å². The summed E-state index contributed by atoms with van der Waals surface area (Å²) in [6.07, 6.45) is 0. The van der Waals surface area contributed by atoms with Gasteiger partial charge in [0.1, 0.15) is 11.4 Å². The average molecular weight is 171 g/mol. The summed E-state index contributed by atoms with van der Waals surface area (Å²) in [5.41, 5.74) is 10.4. The minimum absolute atomic E-state index is 0.665. The number of nitrogens with zero attached hydrogens (tertiary/aromatic N) is 2. The molecule has 0 amide bonds. The van der Waals surface area contributed by atoms with Gasteiger partial charge in [-0.15, -0.1) is 5.10 Å². The maximum atomic E-state index is 5.59. The van der Waals surface area contributed by atoms with Crippen molar-refractivity contribution < 1.29 is 0 Å². The highest BCUT2D eigenvalue weighted by Crippen LogP contribution is 2.45. The fourth-order valence-corrected chi connectivity index (χ4v) is 1.68. The van der Waals surface area contributed by atoms with Crippen molar-refractivity contribution in [2.24, 2.45) is 0 Å². The van der Waals surface area contributed by atoms with E-state index in [-0.39, 0.29) is 0 Å². The second kappa shape index (κ2) is 1.93. The van der Waals surface area contributed by atoms with E-state index in [0.29, 0.717) is 5.82 Å². The van der Waals surface area contributed by atoms with E-state index >= 15 is 0 Å². The fourth-order valence-electron chi connectivity index (χ4n) is 1.68. The van der Waals surface area contributed by atoms with Crippen LogP contribution in [0.3, 0.4) is 0 Å². The lowest BCUT2D eigenvalue weighted by atomic mass is 10.1. The van der Waals surface area contributed by atoms with Crippen LogP contribution >= 0.6 is 0 Å². The van der Waals surface area contributed by atoms with E-state index in [0.717, 1.165) is 5.69 Å². The maximum absolute atomic E-state index is 5.59. The van der Waals surface area contributed by atoms with Gasteiger partial charge in [0.2, 0.25) is 0 Å². The Kier molecular flexibility index (Phi) is 0.999. The van der Waals surface area contributed by atoms with Crippen molar-refractivity contribution >= 4 is 5.82 Å². The molecule has 0 saturated carbocycles. The van der Waals surface area contributed by atoms with Crippen LogP contribution < -0.4 is 5.73 Å². The van der Waals surface area contributed by atoms with Gasteiger partial charge in [-0.25, -0.2) is 4.68 Å². The third-order valence-corrected chi connectivity index (χ3v) is 2.45. The molecule has 2 aliphatic rings. The number of nitrogens with two attached hydrogens (primary N) is 1. The molecule has 0 spiro atoms. The first-order valence-corrected chi connectivity index (χ1v) is 4.24. The SMILES string of the molecule is Cc1ccccc1-c1c2c(N)nn1-2. The van der Waals surface area contributed by atoms with Gasteiger partial charge < -0.3 is 5.73 Å². The lowest BCUT2D eigenvalue weighted by Gasteiger charge is -1.95. The third kappa shape index (κ3) is 0.710. The Morgan fingerprint density at radius 2 is 2.08 bits per heavy atom. The molecule has 3 heteroatoms. The van der Waals surface area contributed by atoms with Gasteiger partial charge in [0, 0.05) is 5.56 Å². The van der Waals surface area contributed by atoms with Crippen LogP contribution in [0.15, 0.2) is 24.3 Å². The Balaban J connectivity index is 2.18. The predicted molar refractivity (Wildman–Crippen MR) is 51.7 cm³/mol. The zero-order chi connectivity index (χ0) is 9.00. The highest BCUT2D eigenvalue weighted by Gasteiger charge is 2.34. The lowest BCUT2D eigenvalue weighted by Crippen LogP contribution is -1.99. The van der Waals surface area contributed by atoms with Crippen molar-refractivity contribution in [3.8, 4) is 16.9 Å². The first-order valence-electron chi connectivity index (χ1n) is 4.24.